The summed E-state index contributed by atoms with van der Waals surface area (Å²) in [6.45, 7) is 4.44. The molecule has 0 aliphatic carbocycles. The molecule has 0 atom stereocenters. The molecule has 0 saturated heterocycles. The second-order valence-corrected chi connectivity index (χ2v) is 7.55. The molecule has 35 heavy (non-hydrogen) atoms. The molecular formula is C27H27NO7. The summed E-state index contributed by atoms with van der Waals surface area (Å²) in [7, 11) is 4.53. The third-order valence-electron chi connectivity index (χ3n) is 5.48. The Hall–Kier alpha value is -4.33. The summed E-state index contributed by atoms with van der Waals surface area (Å²) in [4.78, 5) is 15.6. The number of ether oxygens (including phenoxy) is 6. The topological polar surface area (TPSA) is 75.7 Å². The molecule has 3 aromatic carbocycles. The van der Waals surface area contributed by atoms with Crippen LogP contribution in [0.5, 0.6) is 34.5 Å². The van der Waals surface area contributed by atoms with Gasteiger partial charge >= 0.3 is 0 Å². The van der Waals surface area contributed by atoms with E-state index < -0.39 is 0 Å². The van der Waals surface area contributed by atoms with Crippen LogP contribution in [0, 0.1) is 0 Å². The minimum Gasteiger partial charge on any atom is -0.493 e. The van der Waals surface area contributed by atoms with Crippen LogP contribution in [0.1, 0.15) is 15.9 Å². The molecule has 0 fully saturated rings. The van der Waals surface area contributed by atoms with Gasteiger partial charge in [-0.3, -0.25) is 4.79 Å². The predicted octanol–water partition coefficient (Wildman–Crippen LogP) is 4.85. The van der Waals surface area contributed by atoms with E-state index in [2.05, 4.69) is 6.58 Å². The largest absolute Gasteiger partial charge is 0.493 e. The standard InChI is InChI=1S/C27H27NO7/c1-5-12-33-21-9-7-6-8-18(21)16-28(20-10-11-22-23(15-20)35-17-34-22)27(29)19-13-24(30-2)26(32-4)25(14-19)31-3/h5-11,13-15H,1,12,16-17H2,2-4H3. The average Bonchev–Trinajstić information content (AvgIpc) is 3.37. The Morgan fingerprint density at radius 2 is 1.66 bits per heavy atom. The van der Waals surface area contributed by atoms with Gasteiger partial charge in [-0.2, -0.15) is 0 Å². The van der Waals surface area contributed by atoms with Crippen molar-refractivity contribution in [3.63, 3.8) is 0 Å². The first-order chi connectivity index (χ1) is 17.1. The van der Waals surface area contributed by atoms with Gasteiger partial charge in [0, 0.05) is 22.9 Å². The van der Waals surface area contributed by atoms with Gasteiger partial charge in [0.2, 0.25) is 12.5 Å². The quantitative estimate of drug-likeness (QED) is 0.386. The van der Waals surface area contributed by atoms with Crippen LogP contribution in [0.2, 0.25) is 0 Å². The van der Waals surface area contributed by atoms with Gasteiger partial charge in [0.25, 0.3) is 5.91 Å². The lowest BCUT2D eigenvalue weighted by Crippen LogP contribution is -2.30. The Kier molecular flexibility index (Phi) is 7.30. The molecule has 1 aliphatic rings. The number of anilines is 1. The number of hydrogen-bond acceptors (Lipinski definition) is 7. The van der Waals surface area contributed by atoms with Crippen LogP contribution in [0.3, 0.4) is 0 Å². The Labute approximate surface area is 204 Å². The lowest BCUT2D eigenvalue weighted by Gasteiger charge is -2.25. The van der Waals surface area contributed by atoms with Gasteiger partial charge in [0.15, 0.2) is 23.0 Å². The van der Waals surface area contributed by atoms with E-state index in [9.17, 15) is 4.79 Å². The second kappa shape index (κ2) is 10.7. The van der Waals surface area contributed by atoms with Crippen molar-refractivity contribution in [1.82, 2.24) is 0 Å². The molecule has 0 bridgehead atoms. The number of nitrogens with zero attached hydrogens (tertiary/aromatic N) is 1. The van der Waals surface area contributed by atoms with Crippen LogP contribution >= 0.6 is 0 Å². The van der Waals surface area contributed by atoms with Crippen molar-refractivity contribution in [2.45, 2.75) is 6.54 Å². The number of carbonyl (C=O) groups excluding carboxylic acids is 1. The van der Waals surface area contributed by atoms with E-state index >= 15 is 0 Å². The Balaban J connectivity index is 1.78. The van der Waals surface area contributed by atoms with E-state index in [0.717, 1.165) is 5.56 Å². The van der Waals surface area contributed by atoms with Crippen molar-refractivity contribution in [2.75, 3.05) is 39.6 Å². The zero-order valence-corrected chi connectivity index (χ0v) is 19.9. The summed E-state index contributed by atoms with van der Waals surface area (Å²) in [5.41, 5.74) is 1.82. The lowest BCUT2D eigenvalue weighted by molar-refractivity contribution is 0.0984. The van der Waals surface area contributed by atoms with Crippen LogP contribution in [0.25, 0.3) is 0 Å². The highest BCUT2D eigenvalue weighted by atomic mass is 16.7. The number of para-hydroxylation sites is 1. The number of methoxy groups -OCH3 is 3. The van der Waals surface area contributed by atoms with E-state index in [1.165, 1.54) is 21.3 Å². The molecule has 8 heteroatoms. The molecule has 4 rings (SSSR count). The fourth-order valence-corrected chi connectivity index (χ4v) is 3.79. The number of hydrogen-bond donors (Lipinski definition) is 0. The number of carbonyl (C=O) groups is 1. The maximum atomic E-state index is 14.0. The summed E-state index contributed by atoms with van der Waals surface area (Å²) in [6, 6.07) is 16.2. The maximum absolute atomic E-state index is 14.0. The molecule has 0 radical (unpaired) electrons. The first-order valence-electron chi connectivity index (χ1n) is 10.9. The van der Waals surface area contributed by atoms with Crippen LogP contribution in [-0.4, -0.2) is 40.6 Å². The van der Waals surface area contributed by atoms with E-state index in [1.54, 1.807) is 35.2 Å². The lowest BCUT2D eigenvalue weighted by atomic mass is 10.1. The van der Waals surface area contributed by atoms with Gasteiger partial charge in [-0.15, -0.1) is 0 Å². The zero-order valence-electron chi connectivity index (χ0n) is 19.9. The van der Waals surface area contributed by atoms with Crippen LogP contribution in [0.15, 0.2) is 67.3 Å². The highest BCUT2D eigenvalue weighted by Gasteiger charge is 2.25. The van der Waals surface area contributed by atoms with Crippen molar-refractivity contribution in [3.05, 3.63) is 78.4 Å². The molecule has 0 N–H and O–H groups in total. The van der Waals surface area contributed by atoms with Crippen molar-refractivity contribution in [1.29, 1.82) is 0 Å². The molecular weight excluding hydrogens is 450 g/mol. The Morgan fingerprint density at radius 1 is 0.943 bits per heavy atom. The summed E-state index contributed by atoms with van der Waals surface area (Å²) in [5, 5.41) is 0. The van der Waals surface area contributed by atoms with E-state index in [-0.39, 0.29) is 19.2 Å². The van der Waals surface area contributed by atoms with Gasteiger partial charge in [0.05, 0.1) is 27.9 Å². The third-order valence-corrected chi connectivity index (χ3v) is 5.48. The Bertz CT molecular complexity index is 1200. The average molecular weight is 478 g/mol. The molecule has 182 valence electrons. The third kappa shape index (κ3) is 4.96. The minimum atomic E-state index is -0.276. The minimum absolute atomic E-state index is 0.137. The highest BCUT2D eigenvalue weighted by molar-refractivity contribution is 6.07. The molecule has 3 aromatic rings. The van der Waals surface area contributed by atoms with E-state index in [0.29, 0.717) is 52.4 Å². The van der Waals surface area contributed by atoms with E-state index in [1.807, 2.05) is 30.3 Å². The van der Waals surface area contributed by atoms with Crippen LogP contribution < -0.4 is 33.3 Å². The summed E-state index contributed by atoms with van der Waals surface area (Å²) < 4.78 is 33.1. The summed E-state index contributed by atoms with van der Waals surface area (Å²) in [6.07, 6.45) is 1.67. The first-order valence-corrected chi connectivity index (χ1v) is 10.9. The Morgan fingerprint density at radius 3 is 2.34 bits per heavy atom. The molecule has 1 amide bonds. The van der Waals surface area contributed by atoms with Crippen molar-refractivity contribution < 1.29 is 33.2 Å². The van der Waals surface area contributed by atoms with Gasteiger partial charge in [-0.25, -0.2) is 0 Å². The van der Waals surface area contributed by atoms with Crippen molar-refractivity contribution in [3.8, 4) is 34.5 Å². The zero-order chi connectivity index (χ0) is 24.8. The SMILES string of the molecule is C=CCOc1ccccc1CN(C(=O)c1cc(OC)c(OC)c(OC)c1)c1ccc2c(c1)OCO2. The number of benzene rings is 3. The summed E-state index contributed by atoms with van der Waals surface area (Å²) >= 11 is 0. The normalized spacial score (nSPS) is 11.5. The maximum Gasteiger partial charge on any atom is 0.258 e. The van der Waals surface area contributed by atoms with Gasteiger partial charge in [-0.05, 0) is 30.3 Å². The molecule has 1 aliphatic heterocycles. The van der Waals surface area contributed by atoms with Gasteiger partial charge < -0.3 is 33.3 Å². The molecule has 8 nitrogen and oxygen atoms in total. The van der Waals surface area contributed by atoms with Crippen molar-refractivity contribution in [2.24, 2.45) is 0 Å². The van der Waals surface area contributed by atoms with Crippen molar-refractivity contribution >= 4 is 11.6 Å². The van der Waals surface area contributed by atoms with E-state index in [4.69, 9.17) is 28.4 Å². The first kappa shape index (κ1) is 23.8. The molecule has 0 saturated carbocycles. The fourth-order valence-electron chi connectivity index (χ4n) is 3.79. The number of amides is 1. The monoisotopic (exact) mass is 477 g/mol. The summed E-state index contributed by atoms with van der Waals surface area (Å²) in [5.74, 6) is 2.76. The van der Waals surface area contributed by atoms with Gasteiger partial charge in [-0.1, -0.05) is 30.9 Å². The predicted molar refractivity (Wildman–Crippen MR) is 131 cm³/mol. The van der Waals surface area contributed by atoms with Crippen LogP contribution in [0.4, 0.5) is 5.69 Å². The molecule has 0 unspecified atom stereocenters. The number of fused-ring (bicyclic) bond motifs is 1. The second-order valence-electron chi connectivity index (χ2n) is 7.55. The smallest absolute Gasteiger partial charge is 0.258 e. The van der Waals surface area contributed by atoms with Gasteiger partial charge in [0.1, 0.15) is 12.4 Å². The molecule has 0 aromatic heterocycles. The fraction of sp³-hybridized carbons (Fsp3) is 0.222. The molecule has 0 spiro atoms. The van der Waals surface area contributed by atoms with Crippen LogP contribution in [-0.2, 0) is 6.54 Å². The number of rotatable bonds is 10. The molecule has 1 heterocycles. The highest BCUT2D eigenvalue weighted by Crippen LogP contribution is 2.40.